The molecule has 1 N–H and O–H groups in total. The third-order valence-corrected chi connectivity index (χ3v) is 4.38. The summed E-state index contributed by atoms with van der Waals surface area (Å²) in [4.78, 5) is 3.56. The molecule has 0 bridgehead atoms. The summed E-state index contributed by atoms with van der Waals surface area (Å²) in [7, 11) is -3.87. The summed E-state index contributed by atoms with van der Waals surface area (Å²) >= 11 is 0. The van der Waals surface area contributed by atoms with Crippen LogP contribution in [0.25, 0.3) is 0 Å². The Morgan fingerprint density at radius 3 is 2.85 bits per heavy atom. The number of hydrogen-bond acceptors (Lipinski definition) is 3. The zero-order chi connectivity index (χ0) is 14.8. The third kappa shape index (κ3) is 3.43. The molecule has 0 fully saturated rings. The van der Waals surface area contributed by atoms with Crippen molar-refractivity contribution in [1.82, 2.24) is 14.3 Å². The van der Waals surface area contributed by atoms with E-state index in [1.54, 1.807) is 37.1 Å². The highest BCUT2D eigenvalue weighted by Crippen LogP contribution is 2.16. The van der Waals surface area contributed by atoms with Crippen molar-refractivity contribution in [1.29, 1.82) is 0 Å². The number of hydrogen-bond donors (Lipinski definition) is 1. The molecule has 1 aromatic heterocycles. The molecule has 0 aliphatic carbocycles. The molecule has 20 heavy (non-hydrogen) atoms. The van der Waals surface area contributed by atoms with Crippen molar-refractivity contribution in [2.24, 2.45) is 0 Å². The Labute approximate surface area is 117 Å². The van der Waals surface area contributed by atoms with Crippen LogP contribution in [0.15, 0.2) is 41.8 Å². The molecule has 0 aliphatic heterocycles. The number of rotatable bonds is 5. The van der Waals surface area contributed by atoms with Gasteiger partial charge in [0, 0.05) is 25.0 Å². The van der Waals surface area contributed by atoms with Crippen molar-refractivity contribution in [2.45, 2.75) is 31.3 Å². The minimum atomic E-state index is -3.87. The first kappa shape index (κ1) is 14.7. The molecular formula is C13H16FN3O2S. The van der Waals surface area contributed by atoms with E-state index in [2.05, 4.69) is 9.71 Å². The first-order chi connectivity index (χ1) is 9.38. The van der Waals surface area contributed by atoms with Gasteiger partial charge in [0.05, 0.1) is 6.33 Å². The number of nitrogens with zero attached hydrogens (tertiary/aromatic N) is 2. The molecule has 0 aliphatic rings. The highest BCUT2D eigenvalue weighted by atomic mass is 32.2. The molecule has 0 saturated heterocycles. The fourth-order valence-corrected chi connectivity index (χ4v) is 3.29. The minimum Gasteiger partial charge on any atom is -0.336 e. The fraction of sp³-hybridized carbons (Fsp3) is 0.308. The van der Waals surface area contributed by atoms with Gasteiger partial charge < -0.3 is 4.57 Å². The van der Waals surface area contributed by atoms with Crippen LogP contribution in [-0.4, -0.2) is 24.0 Å². The second-order valence-corrected chi connectivity index (χ2v) is 6.40. The Hall–Kier alpha value is -1.73. The average molecular weight is 297 g/mol. The molecule has 0 radical (unpaired) electrons. The molecule has 1 heterocycles. The van der Waals surface area contributed by atoms with Gasteiger partial charge in [-0.15, -0.1) is 0 Å². The molecule has 1 aromatic carbocycles. The Morgan fingerprint density at radius 2 is 2.20 bits per heavy atom. The van der Waals surface area contributed by atoms with Gasteiger partial charge in [0.25, 0.3) is 0 Å². The second kappa shape index (κ2) is 5.72. The monoisotopic (exact) mass is 297 g/mol. The summed E-state index contributed by atoms with van der Waals surface area (Å²) in [5.41, 5.74) is 0.689. The summed E-state index contributed by atoms with van der Waals surface area (Å²) in [6, 6.07) is 3.63. The molecular weight excluding hydrogens is 281 g/mol. The number of aryl methyl sites for hydroxylation is 1. The van der Waals surface area contributed by atoms with Crippen molar-refractivity contribution >= 4 is 10.0 Å². The van der Waals surface area contributed by atoms with E-state index in [9.17, 15) is 12.8 Å². The Balaban J connectivity index is 2.16. The number of sulfonamides is 1. The number of halogens is 1. The maximum atomic E-state index is 13.7. The van der Waals surface area contributed by atoms with Crippen LogP contribution in [0, 0.1) is 12.7 Å². The van der Waals surface area contributed by atoms with E-state index in [1.807, 2.05) is 0 Å². The number of imidazole rings is 1. The van der Waals surface area contributed by atoms with E-state index in [0.29, 0.717) is 12.1 Å². The van der Waals surface area contributed by atoms with Crippen LogP contribution in [-0.2, 0) is 16.6 Å². The second-order valence-electron chi connectivity index (χ2n) is 4.72. The third-order valence-electron chi connectivity index (χ3n) is 2.78. The molecule has 2 aromatic rings. The molecule has 108 valence electrons. The van der Waals surface area contributed by atoms with E-state index < -0.39 is 15.8 Å². The molecule has 5 nitrogen and oxygen atoms in total. The molecule has 0 saturated carbocycles. The van der Waals surface area contributed by atoms with E-state index in [4.69, 9.17) is 0 Å². The Kier molecular flexibility index (Phi) is 4.20. The summed E-state index contributed by atoms with van der Waals surface area (Å²) < 4.78 is 42.2. The first-order valence-corrected chi connectivity index (χ1v) is 7.61. The van der Waals surface area contributed by atoms with Crippen molar-refractivity contribution in [3.63, 3.8) is 0 Å². The van der Waals surface area contributed by atoms with Crippen molar-refractivity contribution in [3.8, 4) is 0 Å². The Bertz CT molecular complexity index is 684. The van der Waals surface area contributed by atoms with Crippen LogP contribution in [0.2, 0.25) is 0 Å². The average Bonchev–Trinajstić information content (AvgIpc) is 2.84. The number of aromatic nitrogens is 2. The minimum absolute atomic E-state index is 0.324. The van der Waals surface area contributed by atoms with Gasteiger partial charge in [0.2, 0.25) is 10.0 Å². The van der Waals surface area contributed by atoms with Gasteiger partial charge in [0.1, 0.15) is 10.7 Å². The van der Waals surface area contributed by atoms with Gasteiger partial charge in [0.15, 0.2) is 0 Å². The van der Waals surface area contributed by atoms with Crippen molar-refractivity contribution in [2.75, 3.05) is 0 Å². The van der Waals surface area contributed by atoms with Gasteiger partial charge >= 0.3 is 0 Å². The van der Waals surface area contributed by atoms with Crippen LogP contribution < -0.4 is 4.72 Å². The number of benzene rings is 1. The van der Waals surface area contributed by atoms with Crippen LogP contribution in [0.5, 0.6) is 0 Å². The van der Waals surface area contributed by atoms with Gasteiger partial charge in [-0.3, -0.25) is 0 Å². The molecule has 0 spiro atoms. The lowest BCUT2D eigenvalue weighted by atomic mass is 10.2. The van der Waals surface area contributed by atoms with Crippen molar-refractivity contribution in [3.05, 3.63) is 48.3 Å². The van der Waals surface area contributed by atoms with E-state index in [1.165, 1.54) is 12.1 Å². The molecule has 2 rings (SSSR count). The van der Waals surface area contributed by atoms with Crippen LogP contribution in [0.4, 0.5) is 4.39 Å². The molecule has 7 heteroatoms. The summed E-state index contributed by atoms with van der Waals surface area (Å²) in [5, 5.41) is 0. The summed E-state index contributed by atoms with van der Waals surface area (Å²) in [6.07, 6.45) is 4.94. The number of nitrogens with one attached hydrogen (secondary N) is 1. The molecule has 1 atom stereocenters. The van der Waals surface area contributed by atoms with Crippen LogP contribution in [0.1, 0.15) is 12.5 Å². The first-order valence-electron chi connectivity index (χ1n) is 6.13. The summed E-state index contributed by atoms with van der Waals surface area (Å²) in [6.45, 7) is 3.85. The highest BCUT2D eigenvalue weighted by Gasteiger charge is 2.21. The van der Waals surface area contributed by atoms with E-state index in [0.717, 1.165) is 6.07 Å². The van der Waals surface area contributed by atoms with Crippen molar-refractivity contribution < 1.29 is 12.8 Å². The van der Waals surface area contributed by atoms with Gasteiger partial charge in [-0.1, -0.05) is 6.07 Å². The predicted molar refractivity (Wildman–Crippen MR) is 73.1 cm³/mol. The lowest BCUT2D eigenvalue weighted by molar-refractivity contribution is 0.513. The lowest BCUT2D eigenvalue weighted by Gasteiger charge is -2.15. The van der Waals surface area contributed by atoms with Crippen LogP contribution in [0.3, 0.4) is 0 Å². The zero-order valence-electron chi connectivity index (χ0n) is 11.2. The molecule has 0 amide bonds. The van der Waals surface area contributed by atoms with E-state index >= 15 is 0 Å². The zero-order valence-corrected chi connectivity index (χ0v) is 12.1. The predicted octanol–water partition coefficient (Wildman–Crippen LogP) is 1.70. The summed E-state index contributed by atoms with van der Waals surface area (Å²) in [5.74, 6) is -0.752. The van der Waals surface area contributed by atoms with Gasteiger partial charge in [-0.2, -0.15) is 0 Å². The lowest BCUT2D eigenvalue weighted by Crippen LogP contribution is -2.35. The maximum Gasteiger partial charge on any atom is 0.243 e. The smallest absolute Gasteiger partial charge is 0.243 e. The quantitative estimate of drug-likeness (QED) is 0.913. The topological polar surface area (TPSA) is 64.0 Å². The standard InChI is InChI=1S/C13H16FN3O2S/c1-10-3-4-12(14)13(7-10)20(18,19)16-11(2)8-17-6-5-15-9-17/h3-7,9,11,16H,8H2,1-2H3. The van der Waals surface area contributed by atoms with E-state index in [-0.39, 0.29) is 10.9 Å². The normalized spacial score (nSPS) is 13.3. The Morgan fingerprint density at radius 1 is 1.45 bits per heavy atom. The highest BCUT2D eigenvalue weighted by molar-refractivity contribution is 7.89. The van der Waals surface area contributed by atoms with Gasteiger partial charge in [-0.25, -0.2) is 22.5 Å². The van der Waals surface area contributed by atoms with Gasteiger partial charge in [-0.05, 0) is 31.5 Å². The SMILES string of the molecule is Cc1ccc(F)c(S(=O)(=O)NC(C)Cn2ccnc2)c1. The fourth-order valence-electron chi connectivity index (χ4n) is 1.89. The largest absolute Gasteiger partial charge is 0.336 e. The molecule has 1 unspecified atom stereocenters. The van der Waals surface area contributed by atoms with Crippen LogP contribution >= 0.6 is 0 Å². The maximum absolute atomic E-state index is 13.7.